The number of hydrogen-bond donors (Lipinski definition) is 6. The van der Waals surface area contributed by atoms with Crippen molar-refractivity contribution in [1.82, 2.24) is 20.9 Å². The highest BCUT2D eigenvalue weighted by atomic mass is 16.4. The number of rotatable bonds is 11. The third kappa shape index (κ3) is 6.49. The summed E-state index contributed by atoms with van der Waals surface area (Å²) in [5, 5.41) is 25.0. The molecular weight excluding hydrogens is 412 g/mol. The standard InChI is InChI=1S/C22H32N6O4/c23-19(24)16-7-6-15(11-25-16)12-27-21(32)22(8-9-22)28-20(31)17(26-13-18(29)30)10-14-4-2-1-3-5-14/h6-7,11,14,17,26H,1-5,8-10,12-13H2,(H3,23,24)(H,27,32)(H,28,31)(H,29,30)/t17-/m1/s1. The summed E-state index contributed by atoms with van der Waals surface area (Å²) in [5.74, 6) is -1.35. The molecule has 174 valence electrons. The highest BCUT2D eigenvalue weighted by Gasteiger charge is 2.51. The van der Waals surface area contributed by atoms with Crippen molar-refractivity contribution in [2.75, 3.05) is 6.54 Å². The fraction of sp³-hybridized carbons (Fsp3) is 0.591. The Balaban J connectivity index is 1.55. The first-order valence-electron chi connectivity index (χ1n) is 11.1. The van der Waals surface area contributed by atoms with Crippen molar-refractivity contribution >= 4 is 23.6 Å². The van der Waals surface area contributed by atoms with Gasteiger partial charge in [0.25, 0.3) is 0 Å². The number of aromatic nitrogens is 1. The zero-order valence-corrected chi connectivity index (χ0v) is 18.2. The lowest BCUT2D eigenvalue weighted by Gasteiger charge is -2.28. The number of carbonyl (C=O) groups is 3. The van der Waals surface area contributed by atoms with Crippen LogP contribution in [-0.4, -0.2) is 51.8 Å². The van der Waals surface area contributed by atoms with Crippen molar-refractivity contribution in [1.29, 1.82) is 5.41 Å². The van der Waals surface area contributed by atoms with Crippen LogP contribution in [0.5, 0.6) is 0 Å². The normalized spacial score (nSPS) is 18.4. The van der Waals surface area contributed by atoms with Crippen LogP contribution in [-0.2, 0) is 20.9 Å². The van der Waals surface area contributed by atoms with Crippen LogP contribution in [0.1, 0.15) is 62.6 Å². The number of carboxylic acids is 1. The van der Waals surface area contributed by atoms with Gasteiger partial charge in [0.15, 0.2) is 0 Å². The first-order valence-corrected chi connectivity index (χ1v) is 11.1. The number of nitrogens with one attached hydrogen (secondary N) is 4. The summed E-state index contributed by atoms with van der Waals surface area (Å²) >= 11 is 0. The Morgan fingerprint density at radius 2 is 1.94 bits per heavy atom. The molecule has 0 bridgehead atoms. The minimum Gasteiger partial charge on any atom is -0.480 e. The zero-order chi connectivity index (χ0) is 23.1. The molecule has 0 radical (unpaired) electrons. The van der Waals surface area contributed by atoms with E-state index in [2.05, 4.69) is 20.9 Å². The topological polar surface area (TPSA) is 170 Å². The van der Waals surface area contributed by atoms with Crippen LogP contribution in [0.15, 0.2) is 18.3 Å². The van der Waals surface area contributed by atoms with E-state index in [0.29, 0.717) is 30.9 Å². The minimum atomic E-state index is -1.02. The third-order valence-corrected chi connectivity index (χ3v) is 6.21. The van der Waals surface area contributed by atoms with Crippen molar-refractivity contribution in [2.45, 2.75) is 69.5 Å². The summed E-state index contributed by atoms with van der Waals surface area (Å²) in [6.45, 7) is -0.0579. The highest BCUT2D eigenvalue weighted by Crippen LogP contribution is 2.36. The molecule has 0 spiro atoms. The average molecular weight is 445 g/mol. The molecule has 10 nitrogen and oxygen atoms in total. The van der Waals surface area contributed by atoms with Gasteiger partial charge >= 0.3 is 5.97 Å². The van der Waals surface area contributed by atoms with Crippen LogP contribution < -0.4 is 21.7 Å². The number of nitrogens with zero attached hydrogens (tertiary/aromatic N) is 1. The third-order valence-electron chi connectivity index (χ3n) is 6.21. The molecule has 7 N–H and O–H groups in total. The molecule has 1 aromatic rings. The van der Waals surface area contributed by atoms with E-state index in [1.165, 1.54) is 6.42 Å². The summed E-state index contributed by atoms with van der Waals surface area (Å²) in [6.07, 6.45) is 8.75. The Morgan fingerprint density at radius 3 is 2.50 bits per heavy atom. The van der Waals surface area contributed by atoms with Crippen molar-refractivity contribution in [3.05, 3.63) is 29.6 Å². The molecule has 1 aromatic heterocycles. The summed E-state index contributed by atoms with van der Waals surface area (Å²) < 4.78 is 0. The summed E-state index contributed by atoms with van der Waals surface area (Å²) in [5.41, 5.74) is 5.57. The number of amidine groups is 1. The van der Waals surface area contributed by atoms with E-state index in [-0.39, 0.29) is 30.7 Å². The van der Waals surface area contributed by atoms with E-state index >= 15 is 0 Å². The molecule has 2 aliphatic carbocycles. The first-order chi connectivity index (χ1) is 15.3. The van der Waals surface area contributed by atoms with E-state index in [1.54, 1.807) is 18.3 Å². The van der Waals surface area contributed by atoms with Gasteiger partial charge in [-0.3, -0.25) is 30.1 Å². The molecule has 2 fully saturated rings. The van der Waals surface area contributed by atoms with E-state index in [0.717, 1.165) is 31.2 Å². The van der Waals surface area contributed by atoms with Gasteiger partial charge in [0.1, 0.15) is 17.1 Å². The predicted octanol–water partition coefficient (Wildman–Crippen LogP) is 0.644. The smallest absolute Gasteiger partial charge is 0.317 e. The lowest BCUT2D eigenvalue weighted by Crippen LogP contribution is -2.55. The van der Waals surface area contributed by atoms with Crippen molar-refractivity contribution in [3.8, 4) is 0 Å². The number of hydrogen-bond acceptors (Lipinski definition) is 6. The number of carboxylic acid groups (broad SMARTS) is 1. The fourth-order valence-electron chi connectivity index (χ4n) is 4.15. The summed E-state index contributed by atoms with van der Waals surface area (Å²) in [4.78, 5) is 40.8. The molecule has 0 aromatic carbocycles. The summed E-state index contributed by atoms with van der Waals surface area (Å²) in [6, 6.07) is 2.71. The van der Waals surface area contributed by atoms with Crippen molar-refractivity contribution in [2.24, 2.45) is 11.7 Å². The molecule has 3 rings (SSSR count). The van der Waals surface area contributed by atoms with Crippen LogP contribution in [0.3, 0.4) is 0 Å². The molecular formula is C22H32N6O4. The molecule has 32 heavy (non-hydrogen) atoms. The SMILES string of the molecule is N=C(N)c1ccc(CNC(=O)C2(NC(=O)[C@@H](CC3CCCCC3)NCC(=O)O)CC2)cn1. The maximum Gasteiger partial charge on any atom is 0.317 e. The van der Waals surface area contributed by atoms with Crippen LogP contribution in [0.2, 0.25) is 0 Å². The minimum absolute atomic E-state index is 0.125. The van der Waals surface area contributed by atoms with Gasteiger partial charge in [-0.05, 0) is 36.8 Å². The van der Waals surface area contributed by atoms with E-state index in [9.17, 15) is 14.4 Å². The van der Waals surface area contributed by atoms with Crippen molar-refractivity contribution in [3.63, 3.8) is 0 Å². The highest BCUT2D eigenvalue weighted by molar-refractivity contribution is 5.95. The molecule has 2 saturated carbocycles. The number of nitrogen functional groups attached to an aromatic ring is 1. The van der Waals surface area contributed by atoms with Gasteiger partial charge < -0.3 is 21.5 Å². The Labute approximate surface area is 187 Å². The summed E-state index contributed by atoms with van der Waals surface area (Å²) in [7, 11) is 0. The van der Waals surface area contributed by atoms with Gasteiger partial charge in [-0.2, -0.15) is 0 Å². The largest absolute Gasteiger partial charge is 0.480 e. The van der Waals surface area contributed by atoms with Crippen LogP contribution in [0.4, 0.5) is 0 Å². The van der Waals surface area contributed by atoms with E-state index < -0.39 is 17.6 Å². The molecule has 0 aliphatic heterocycles. The number of carbonyl (C=O) groups excluding carboxylic acids is 2. The second-order valence-corrected chi connectivity index (χ2v) is 8.79. The molecule has 0 saturated heterocycles. The predicted molar refractivity (Wildman–Crippen MR) is 118 cm³/mol. The lowest BCUT2D eigenvalue weighted by atomic mass is 9.84. The van der Waals surface area contributed by atoms with E-state index in [1.807, 2.05) is 0 Å². The van der Waals surface area contributed by atoms with E-state index in [4.69, 9.17) is 16.2 Å². The molecule has 10 heteroatoms. The Kier molecular flexibility index (Phi) is 7.79. The van der Waals surface area contributed by atoms with Crippen molar-refractivity contribution < 1.29 is 19.5 Å². The Bertz CT molecular complexity index is 846. The number of amides is 2. The van der Waals surface area contributed by atoms with Gasteiger partial charge in [0.05, 0.1) is 12.6 Å². The average Bonchev–Trinajstić information content (AvgIpc) is 3.56. The van der Waals surface area contributed by atoms with Crippen LogP contribution >= 0.6 is 0 Å². The monoisotopic (exact) mass is 444 g/mol. The number of aliphatic carboxylic acids is 1. The van der Waals surface area contributed by atoms with Gasteiger partial charge in [0.2, 0.25) is 11.8 Å². The second kappa shape index (κ2) is 10.5. The van der Waals surface area contributed by atoms with Crippen LogP contribution in [0, 0.1) is 11.3 Å². The fourth-order valence-corrected chi connectivity index (χ4v) is 4.15. The molecule has 2 aliphatic rings. The van der Waals surface area contributed by atoms with Gasteiger partial charge in [-0.25, -0.2) is 0 Å². The zero-order valence-electron chi connectivity index (χ0n) is 18.2. The maximum atomic E-state index is 13.0. The van der Waals surface area contributed by atoms with Gasteiger partial charge in [-0.15, -0.1) is 0 Å². The first kappa shape index (κ1) is 23.6. The van der Waals surface area contributed by atoms with Crippen LogP contribution in [0.25, 0.3) is 0 Å². The number of pyridine rings is 1. The molecule has 2 amide bonds. The molecule has 0 unspecified atom stereocenters. The number of nitrogens with two attached hydrogens (primary N) is 1. The molecule has 1 atom stereocenters. The molecule has 1 heterocycles. The maximum absolute atomic E-state index is 13.0. The Morgan fingerprint density at radius 1 is 1.22 bits per heavy atom. The lowest BCUT2D eigenvalue weighted by molar-refractivity contribution is -0.136. The van der Waals surface area contributed by atoms with Gasteiger partial charge in [-0.1, -0.05) is 38.2 Å². The quantitative estimate of drug-likeness (QED) is 0.215. The van der Waals surface area contributed by atoms with Gasteiger partial charge in [0, 0.05) is 12.7 Å². The second-order valence-electron chi connectivity index (χ2n) is 8.79. The Hall–Kier alpha value is -3.01.